The van der Waals surface area contributed by atoms with Crippen molar-refractivity contribution in [3.8, 4) is 0 Å². The lowest BCUT2D eigenvalue weighted by atomic mass is 10.2. The van der Waals surface area contributed by atoms with E-state index in [0.717, 1.165) is 0 Å². The summed E-state index contributed by atoms with van der Waals surface area (Å²) in [5.41, 5.74) is -0.132. The maximum atomic E-state index is 13.4. The van der Waals surface area contributed by atoms with Crippen LogP contribution in [0.25, 0.3) is 0 Å². The standard InChI is InChI=1S/C11H13ClFNO2/c1-7(6-16-2)14-11(15)10-8(12)4-3-5-9(10)13/h3-5,7H,6H2,1-2H3,(H,14,15). The van der Waals surface area contributed by atoms with Gasteiger partial charge < -0.3 is 10.1 Å². The van der Waals surface area contributed by atoms with E-state index in [4.69, 9.17) is 16.3 Å². The first-order chi connectivity index (χ1) is 7.56. The van der Waals surface area contributed by atoms with E-state index in [0.29, 0.717) is 6.61 Å². The summed E-state index contributed by atoms with van der Waals surface area (Å²) in [5, 5.41) is 2.69. The van der Waals surface area contributed by atoms with Crippen molar-refractivity contribution < 1.29 is 13.9 Å². The van der Waals surface area contributed by atoms with E-state index in [1.165, 1.54) is 25.3 Å². The summed E-state index contributed by atoms with van der Waals surface area (Å²) in [6.07, 6.45) is 0. The number of rotatable bonds is 4. The first-order valence-corrected chi connectivity index (χ1v) is 5.18. The van der Waals surface area contributed by atoms with Gasteiger partial charge in [-0.05, 0) is 19.1 Å². The predicted octanol–water partition coefficient (Wildman–Crippen LogP) is 2.24. The third kappa shape index (κ3) is 3.18. The van der Waals surface area contributed by atoms with Crippen LogP contribution >= 0.6 is 11.6 Å². The molecule has 0 heterocycles. The highest BCUT2D eigenvalue weighted by molar-refractivity contribution is 6.33. The fourth-order valence-corrected chi connectivity index (χ4v) is 1.55. The van der Waals surface area contributed by atoms with Crippen molar-refractivity contribution in [3.05, 3.63) is 34.6 Å². The highest BCUT2D eigenvalue weighted by Crippen LogP contribution is 2.18. The van der Waals surface area contributed by atoms with Crippen LogP contribution in [0.2, 0.25) is 5.02 Å². The summed E-state index contributed by atoms with van der Waals surface area (Å²) in [6.45, 7) is 2.12. The van der Waals surface area contributed by atoms with E-state index in [1.807, 2.05) is 0 Å². The van der Waals surface area contributed by atoms with Crippen LogP contribution in [0.4, 0.5) is 4.39 Å². The van der Waals surface area contributed by atoms with Crippen molar-refractivity contribution in [1.29, 1.82) is 0 Å². The van der Waals surface area contributed by atoms with Crippen LogP contribution in [-0.2, 0) is 4.74 Å². The molecule has 5 heteroatoms. The van der Waals surface area contributed by atoms with Crippen molar-refractivity contribution in [2.45, 2.75) is 13.0 Å². The second-order valence-corrected chi connectivity index (χ2v) is 3.83. The van der Waals surface area contributed by atoms with Gasteiger partial charge in [0.25, 0.3) is 5.91 Å². The number of amides is 1. The maximum Gasteiger partial charge on any atom is 0.256 e. The molecule has 0 spiro atoms. The van der Waals surface area contributed by atoms with Gasteiger partial charge in [-0.25, -0.2) is 4.39 Å². The number of ether oxygens (including phenoxy) is 1. The van der Waals surface area contributed by atoms with E-state index >= 15 is 0 Å². The molecular weight excluding hydrogens is 233 g/mol. The second-order valence-electron chi connectivity index (χ2n) is 3.43. The van der Waals surface area contributed by atoms with E-state index < -0.39 is 11.7 Å². The monoisotopic (exact) mass is 245 g/mol. The number of hydrogen-bond donors (Lipinski definition) is 1. The quantitative estimate of drug-likeness (QED) is 0.884. The number of halogens is 2. The number of carbonyl (C=O) groups excluding carboxylic acids is 1. The van der Waals surface area contributed by atoms with E-state index in [2.05, 4.69) is 5.32 Å². The molecule has 3 nitrogen and oxygen atoms in total. The Morgan fingerprint density at radius 1 is 1.62 bits per heavy atom. The Morgan fingerprint density at radius 2 is 2.31 bits per heavy atom. The van der Waals surface area contributed by atoms with Gasteiger partial charge >= 0.3 is 0 Å². The zero-order chi connectivity index (χ0) is 12.1. The summed E-state index contributed by atoms with van der Waals surface area (Å²) >= 11 is 5.75. The van der Waals surface area contributed by atoms with Crippen molar-refractivity contribution in [1.82, 2.24) is 5.32 Å². The molecule has 1 rings (SSSR count). The topological polar surface area (TPSA) is 38.3 Å². The lowest BCUT2D eigenvalue weighted by Crippen LogP contribution is -2.36. The minimum atomic E-state index is -0.630. The molecule has 0 aliphatic heterocycles. The van der Waals surface area contributed by atoms with Crippen LogP contribution in [0.1, 0.15) is 17.3 Å². The summed E-state index contributed by atoms with van der Waals surface area (Å²) in [5.74, 6) is -1.16. The van der Waals surface area contributed by atoms with Gasteiger partial charge in [0, 0.05) is 13.2 Å². The molecule has 0 aliphatic rings. The fourth-order valence-electron chi connectivity index (χ4n) is 1.30. The Labute approximate surface area is 98.5 Å². The minimum Gasteiger partial charge on any atom is -0.383 e. The molecule has 0 saturated carbocycles. The van der Waals surface area contributed by atoms with Crippen LogP contribution in [0.5, 0.6) is 0 Å². The average molecular weight is 246 g/mol. The van der Waals surface area contributed by atoms with E-state index in [1.54, 1.807) is 6.92 Å². The third-order valence-corrected chi connectivity index (χ3v) is 2.30. The first kappa shape index (κ1) is 12.9. The van der Waals surface area contributed by atoms with Gasteiger partial charge in [-0.1, -0.05) is 17.7 Å². The highest BCUT2D eigenvalue weighted by atomic mass is 35.5. The van der Waals surface area contributed by atoms with Crippen molar-refractivity contribution >= 4 is 17.5 Å². The largest absolute Gasteiger partial charge is 0.383 e. The van der Waals surface area contributed by atoms with Gasteiger partial charge in [-0.2, -0.15) is 0 Å². The lowest BCUT2D eigenvalue weighted by Gasteiger charge is -2.13. The van der Waals surface area contributed by atoms with Crippen LogP contribution in [0, 0.1) is 5.82 Å². The van der Waals surface area contributed by atoms with Gasteiger partial charge in [0.15, 0.2) is 0 Å². The van der Waals surface area contributed by atoms with Gasteiger partial charge in [0.2, 0.25) is 0 Å². The molecule has 1 N–H and O–H groups in total. The molecule has 0 aromatic heterocycles. The molecule has 1 atom stereocenters. The zero-order valence-corrected chi connectivity index (χ0v) is 9.84. The maximum absolute atomic E-state index is 13.4. The number of hydrogen-bond acceptors (Lipinski definition) is 2. The molecule has 1 unspecified atom stereocenters. The molecule has 16 heavy (non-hydrogen) atoms. The van der Waals surface area contributed by atoms with Crippen molar-refractivity contribution in [3.63, 3.8) is 0 Å². The molecular formula is C11H13ClFNO2. The van der Waals surface area contributed by atoms with Crippen molar-refractivity contribution in [2.24, 2.45) is 0 Å². The number of carbonyl (C=O) groups is 1. The normalized spacial score (nSPS) is 12.2. The van der Waals surface area contributed by atoms with Crippen molar-refractivity contribution in [2.75, 3.05) is 13.7 Å². The highest BCUT2D eigenvalue weighted by Gasteiger charge is 2.17. The number of methoxy groups -OCH3 is 1. The van der Waals surface area contributed by atoms with Gasteiger partial charge in [-0.3, -0.25) is 4.79 Å². The fraction of sp³-hybridized carbons (Fsp3) is 0.364. The molecule has 0 saturated heterocycles. The van der Waals surface area contributed by atoms with E-state index in [9.17, 15) is 9.18 Å². The zero-order valence-electron chi connectivity index (χ0n) is 9.09. The summed E-state index contributed by atoms with van der Waals surface area (Å²) < 4.78 is 18.2. The first-order valence-electron chi connectivity index (χ1n) is 4.80. The molecule has 1 amide bonds. The summed E-state index contributed by atoms with van der Waals surface area (Å²) in [6, 6.07) is 3.92. The molecule has 1 aromatic carbocycles. The van der Waals surface area contributed by atoms with Crippen LogP contribution in [-0.4, -0.2) is 25.7 Å². The average Bonchev–Trinajstić information content (AvgIpc) is 2.17. The lowest BCUT2D eigenvalue weighted by molar-refractivity contribution is 0.0901. The van der Waals surface area contributed by atoms with E-state index in [-0.39, 0.29) is 16.6 Å². The smallest absolute Gasteiger partial charge is 0.256 e. The summed E-state index contributed by atoms with van der Waals surface area (Å²) in [7, 11) is 1.53. The molecule has 88 valence electrons. The molecule has 0 bridgehead atoms. The minimum absolute atomic E-state index is 0.0992. The van der Waals surface area contributed by atoms with Crippen LogP contribution in [0.3, 0.4) is 0 Å². The molecule has 0 radical (unpaired) electrons. The Kier molecular flexibility index (Phi) is 4.71. The van der Waals surface area contributed by atoms with Gasteiger partial charge in [-0.15, -0.1) is 0 Å². The Morgan fingerprint density at radius 3 is 2.88 bits per heavy atom. The van der Waals surface area contributed by atoms with Crippen LogP contribution < -0.4 is 5.32 Å². The van der Waals surface area contributed by atoms with Crippen LogP contribution in [0.15, 0.2) is 18.2 Å². The Hall–Kier alpha value is -1.13. The Bertz CT molecular complexity index is 364. The SMILES string of the molecule is COCC(C)NC(=O)c1c(F)cccc1Cl. The predicted molar refractivity (Wildman–Crippen MR) is 60.2 cm³/mol. The number of nitrogens with one attached hydrogen (secondary N) is 1. The van der Waals surface area contributed by atoms with Gasteiger partial charge in [0.1, 0.15) is 5.82 Å². The van der Waals surface area contributed by atoms with Gasteiger partial charge in [0.05, 0.1) is 17.2 Å². The summed E-state index contributed by atoms with van der Waals surface area (Å²) in [4.78, 5) is 11.7. The Balaban J connectivity index is 2.80. The number of benzene rings is 1. The second kappa shape index (κ2) is 5.82. The molecule has 1 aromatic rings. The molecule has 0 fully saturated rings. The third-order valence-electron chi connectivity index (χ3n) is 1.98. The molecule has 0 aliphatic carbocycles.